The maximum absolute atomic E-state index is 4.79. The minimum absolute atomic E-state index is 0.786. The van der Waals surface area contributed by atoms with Crippen LogP contribution in [0.25, 0.3) is 22.6 Å². The highest BCUT2D eigenvalue weighted by Crippen LogP contribution is 2.26. The Hall–Kier alpha value is -2.48. The molecule has 3 aromatic rings. The summed E-state index contributed by atoms with van der Waals surface area (Å²) >= 11 is 0. The average Bonchev–Trinajstić information content (AvgIpc) is 2.52. The molecule has 0 unspecified atom stereocenters. The van der Waals surface area contributed by atoms with E-state index in [0.717, 1.165) is 33.9 Å². The Bertz CT molecular complexity index is 760. The predicted molar refractivity (Wildman–Crippen MR) is 87.1 cm³/mol. The summed E-state index contributed by atoms with van der Waals surface area (Å²) in [7, 11) is 0. The summed E-state index contributed by atoms with van der Waals surface area (Å²) in [5.41, 5.74) is 6.62. The van der Waals surface area contributed by atoms with Crippen LogP contribution in [0.4, 0.5) is 0 Å². The van der Waals surface area contributed by atoms with Crippen molar-refractivity contribution in [3.63, 3.8) is 0 Å². The zero-order chi connectivity index (χ0) is 14.8. The molecule has 0 amide bonds. The largest absolute Gasteiger partial charge is 0.233 e. The van der Waals surface area contributed by atoms with Crippen molar-refractivity contribution in [1.82, 2.24) is 9.97 Å². The smallest absolute Gasteiger partial charge is 0.160 e. The van der Waals surface area contributed by atoms with Gasteiger partial charge in [-0.1, -0.05) is 60.2 Å². The maximum Gasteiger partial charge on any atom is 0.160 e. The molecule has 0 aliphatic carbocycles. The van der Waals surface area contributed by atoms with Crippen LogP contribution in [0.3, 0.4) is 0 Å². The van der Waals surface area contributed by atoms with Crippen molar-refractivity contribution in [2.24, 2.45) is 0 Å². The third kappa shape index (κ3) is 2.70. The average molecular weight is 274 g/mol. The lowest BCUT2D eigenvalue weighted by molar-refractivity contribution is 1.08. The lowest BCUT2D eigenvalue weighted by Gasteiger charge is -2.11. The van der Waals surface area contributed by atoms with E-state index in [2.05, 4.69) is 43.1 Å². The molecule has 0 saturated carbocycles. The minimum Gasteiger partial charge on any atom is -0.233 e. The van der Waals surface area contributed by atoms with Crippen molar-refractivity contribution in [3.8, 4) is 22.6 Å². The molecule has 0 N–H and O–H groups in total. The lowest BCUT2D eigenvalue weighted by atomic mass is 10.0. The van der Waals surface area contributed by atoms with Gasteiger partial charge in [-0.25, -0.2) is 9.97 Å². The highest BCUT2D eigenvalue weighted by molar-refractivity contribution is 5.67. The van der Waals surface area contributed by atoms with Gasteiger partial charge in [0, 0.05) is 16.8 Å². The highest BCUT2D eigenvalue weighted by atomic mass is 14.9. The standard InChI is InChI=1S/C19H18N2/c1-13-9-11-16(12-10-13)18-14(2)15(3)20-19(21-18)17-7-5-4-6-8-17/h4-12H,1-3H3. The van der Waals surface area contributed by atoms with Gasteiger partial charge < -0.3 is 0 Å². The molecule has 21 heavy (non-hydrogen) atoms. The summed E-state index contributed by atoms with van der Waals surface area (Å²) in [5, 5.41) is 0. The Labute approximate surface area is 125 Å². The van der Waals surface area contributed by atoms with Gasteiger partial charge in [0.1, 0.15) is 0 Å². The van der Waals surface area contributed by atoms with Crippen LogP contribution in [0.1, 0.15) is 16.8 Å². The summed E-state index contributed by atoms with van der Waals surface area (Å²) in [5.74, 6) is 0.786. The van der Waals surface area contributed by atoms with E-state index < -0.39 is 0 Å². The second-order valence-corrected chi connectivity index (χ2v) is 5.34. The molecule has 0 bridgehead atoms. The molecule has 2 heteroatoms. The molecule has 0 fully saturated rings. The molecule has 104 valence electrons. The fourth-order valence-corrected chi connectivity index (χ4v) is 2.34. The van der Waals surface area contributed by atoms with E-state index in [4.69, 9.17) is 4.98 Å². The number of benzene rings is 2. The molecule has 0 spiro atoms. The van der Waals surface area contributed by atoms with E-state index >= 15 is 0 Å². The molecule has 0 aliphatic rings. The van der Waals surface area contributed by atoms with Gasteiger partial charge >= 0.3 is 0 Å². The van der Waals surface area contributed by atoms with Gasteiger partial charge in [-0.2, -0.15) is 0 Å². The maximum atomic E-state index is 4.79. The number of aryl methyl sites for hydroxylation is 2. The second kappa shape index (κ2) is 5.49. The summed E-state index contributed by atoms with van der Waals surface area (Å²) in [6, 6.07) is 18.6. The van der Waals surface area contributed by atoms with Crippen molar-refractivity contribution in [3.05, 3.63) is 71.4 Å². The minimum atomic E-state index is 0.786. The zero-order valence-corrected chi connectivity index (χ0v) is 12.6. The van der Waals surface area contributed by atoms with Crippen LogP contribution in [0, 0.1) is 20.8 Å². The fourth-order valence-electron chi connectivity index (χ4n) is 2.34. The number of nitrogens with zero attached hydrogens (tertiary/aromatic N) is 2. The van der Waals surface area contributed by atoms with Crippen LogP contribution < -0.4 is 0 Å². The molecule has 0 aliphatic heterocycles. The Kier molecular flexibility index (Phi) is 3.53. The van der Waals surface area contributed by atoms with Gasteiger partial charge in [0.25, 0.3) is 0 Å². The summed E-state index contributed by atoms with van der Waals surface area (Å²) in [4.78, 5) is 9.43. The summed E-state index contributed by atoms with van der Waals surface area (Å²) < 4.78 is 0. The van der Waals surface area contributed by atoms with Crippen molar-refractivity contribution in [1.29, 1.82) is 0 Å². The van der Waals surface area contributed by atoms with Crippen LogP contribution in [-0.4, -0.2) is 9.97 Å². The molecule has 0 saturated heterocycles. The van der Waals surface area contributed by atoms with Crippen molar-refractivity contribution in [2.45, 2.75) is 20.8 Å². The van der Waals surface area contributed by atoms with Crippen molar-refractivity contribution < 1.29 is 0 Å². The van der Waals surface area contributed by atoms with Crippen molar-refractivity contribution >= 4 is 0 Å². The van der Waals surface area contributed by atoms with Gasteiger partial charge in [-0.05, 0) is 26.3 Å². The highest BCUT2D eigenvalue weighted by Gasteiger charge is 2.11. The second-order valence-electron chi connectivity index (χ2n) is 5.34. The van der Waals surface area contributed by atoms with Crippen LogP contribution in [-0.2, 0) is 0 Å². The first-order valence-corrected chi connectivity index (χ1v) is 7.13. The Morgan fingerprint density at radius 3 is 2.00 bits per heavy atom. The molecule has 2 aromatic carbocycles. The van der Waals surface area contributed by atoms with Crippen LogP contribution in [0.15, 0.2) is 54.6 Å². The van der Waals surface area contributed by atoms with E-state index in [-0.39, 0.29) is 0 Å². The number of hydrogen-bond donors (Lipinski definition) is 0. The lowest BCUT2D eigenvalue weighted by Crippen LogP contribution is -1.99. The van der Waals surface area contributed by atoms with Gasteiger partial charge in [-0.3, -0.25) is 0 Å². The molecule has 0 atom stereocenters. The SMILES string of the molecule is Cc1ccc(-c2nc(-c3ccccc3)nc(C)c2C)cc1. The Balaban J connectivity index is 2.17. The van der Waals surface area contributed by atoms with Gasteiger partial charge in [0.05, 0.1) is 5.69 Å². The van der Waals surface area contributed by atoms with Crippen LogP contribution >= 0.6 is 0 Å². The topological polar surface area (TPSA) is 25.8 Å². The monoisotopic (exact) mass is 274 g/mol. The van der Waals surface area contributed by atoms with Crippen LogP contribution in [0.2, 0.25) is 0 Å². The van der Waals surface area contributed by atoms with E-state index in [9.17, 15) is 0 Å². The van der Waals surface area contributed by atoms with Gasteiger partial charge in [-0.15, -0.1) is 0 Å². The van der Waals surface area contributed by atoms with Gasteiger partial charge in [0.15, 0.2) is 5.82 Å². The molecule has 3 rings (SSSR count). The van der Waals surface area contributed by atoms with Crippen LogP contribution in [0.5, 0.6) is 0 Å². The fraction of sp³-hybridized carbons (Fsp3) is 0.158. The predicted octanol–water partition coefficient (Wildman–Crippen LogP) is 4.74. The van der Waals surface area contributed by atoms with E-state index in [1.54, 1.807) is 0 Å². The molecular formula is C19H18N2. The summed E-state index contributed by atoms with van der Waals surface area (Å²) in [6.45, 7) is 6.22. The quantitative estimate of drug-likeness (QED) is 0.674. The van der Waals surface area contributed by atoms with Gasteiger partial charge in [0.2, 0.25) is 0 Å². The first-order chi connectivity index (χ1) is 10.1. The van der Waals surface area contributed by atoms with E-state index in [1.165, 1.54) is 5.56 Å². The first-order valence-electron chi connectivity index (χ1n) is 7.13. The Morgan fingerprint density at radius 1 is 0.667 bits per heavy atom. The zero-order valence-electron chi connectivity index (χ0n) is 12.6. The number of hydrogen-bond acceptors (Lipinski definition) is 2. The van der Waals surface area contributed by atoms with Crippen molar-refractivity contribution in [2.75, 3.05) is 0 Å². The van der Waals surface area contributed by atoms with E-state index in [1.807, 2.05) is 37.3 Å². The normalized spacial score (nSPS) is 10.6. The number of rotatable bonds is 2. The molecule has 1 heterocycles. The third-order valence-electron chi connectivity index (χ3n) is 3.75. The molecule has 0 radical (unpaired) electrons. The number of aromatic nitrogens is 2. The molecule has 2 nitrogen and oxygen atoms in total. The molecular weight excluding hydrogens is 256 g/mol. The molecule has 1 aromatic heterocycles. The first kappa shape index (κ1) is 13.5. The third-order valence-corrected chi connectivity index (χ3v) is 3.75. The van der Waals surface area contributed by atoms with E-state index in [0.29, 0.717) is 0 Å². The summed E-state index contributed by atoms with van der Waals surface area (Å²) in [6.07, 6.45) is 0. The Morgan fingerprint density at radius 2 is 1.33 bits per heavy atom.